The number of methoxy groups -OCH3 is 1. The molecule has 0 radical (unpaired) electrons. The molecule has 7 nitrogen and oxygen atoms in total. The summed E-state index contributed by atoms with van der Waals surface area (Å²) in [5.74, 6) is -1.36. The van der Waals surface area contributed by atoms with Crippen LogP contribution in [-0.4, -0.2) is 35.2 Å². The first-order chi connectivity index (χ1) is 11.4. The largest absolute Gasteiger partial charge is 0.504 e. The summed E-state index contributed by atoms with van der Waals surface area (Å²) in [6, 6.07) is 7.47. The van der Waals surface area contributed by atoms with Crippen LogP contribution in [0.5, 0.6) is 11.5 Å². The standard InChI is InChI=1S/C16H15ClN2O5/c1-9(15(21)19-13-7-6-10(17)8-18-13)24-16(22)11-4-3-5-12(23-2)14(11)20/h3-9,20H,1-2H3,(H,18,19,21). The van der Waals surface area contributed by atoms with Crippen molar-refractivity contribution < 1.29 is 24.2 Å². The number of halogens is 1. The minimum atomic E-state index is -1.10. The normalized spacial score (nSPS) is 11.5. The lowest BCUT2D eigenvalue weighted by atomic mass is 10.2. The van der Waals surface area contributed by atoms with Gasteiger partial charge >= 0.3 is 5.97 Å². The van der Waals surface area contributed by atoms with Crippen LogP contribution in [0.1, 0.15) is 17.3 Å². The van der Waals surface area contributed by atoms with Crippen LogP contribution >= 0.6 is 11.6 Å². The average Bonchev–Trinajstić information content (AvgIpc) is 2.56. The van der Waals surface area contributed by atoms with E-state index in [9.17, 15) is 14.7 Å². The number of rotatable bonds is 5. The molecule has 0 fully saturated rings. The van der Waals surface area contributed by atoms with Crippen molar-refractivity contribution in [3.8, 4) is 11.5 Å². The molecule has 1 unspecified atom stereocenters. The van der Waals surface area contributed by atoms with E-state index < -0.39 is 18.0 Å². The van der Waals surface area contributed by atoms with E-state index in [1.807, 2.05) is 0 Å². The van der Waals surface area contributed by atoms with Crippen molar-refractivity contribution >= 4 is 29.3 Å². The fraction of sp³-hybridized carbons (Fsp3) is 0.188. The van der Waals surface area contributed by atoms with Gasteiger partial charge in [0.15, 0.2) is 17.6 Å². The molecule has 2 aromatic rings. The maximum atomic E-state index is 12.1. The summed E-state index contributed by atoms with van der Waals surface area (Å²) < 4.78 is 9.97. The van der Waals surface area contributed by atoms with Gasteiger partial charge in [-0.25, -0.2) is 9.78 Å². The highest BCUT2D eigenvalue weighted by Gasteiger charge is 2.22. The molecule has 2 rings (SSSR count). The van der Waals surface area contributed by atoms with Crippen LogP contribution in [0.2, 0.25) is 5.02 Å². The first-order valence-corrected chi connectivity index (χ1v) is 7.29. The van der Waals surface area contributed by atoms with Gasteiger partial charge in [0.2, 0.25) is 0 Å². The third-order valence-electron chi connectivity index (χ3n) is 3.07. The van der Waals surface area contributed by atoms with Crippen LogP contribution in [0.15, 0.2) is 36.5 Å². The zero-order valence-corrected chi connectivity index (χ0v) is 13.7. The Kier molecular flexibility index (Phi) is 5.59. The number of carbonyl (C=O) groups excluding carboxylic acids is 2. The Labute approximate surface area is 143 Å². The van der Waals surface area contributed by atoms with Gasteiger partial charge in [0.05, 0.1) is 12.1 Å². The molecule has 0 aliphatic carbocycles. The summed E-state index contributed by atoms with van der Waals surface area (Å²) in [6.45, 7) is 1.40. The maximum absolute atomic E-state index is 12.1. The molecule has 8 heteroatoms. The number of benzene rings is 1. The third-order valence-corrected chi connectivity index (χ3v) is 3.29. The molecule has 126 valence electrons. The summed E-state index contributed by atoms with van der Waals surface area (Å²) in [5, 5.41) is 12.8. The van der Waals surface area contributed by atoms with Crippen LogP contribution in [-0.2, 0) is 9.53 Å². The highest BCUT2D eigenvalue weighted by atomic mass is 35.5. The fourth-order valence-electron chi connectivity index (χ4n) is 1.81. The smallest absolute Gasteiger partial charge is 0.342 e. The summed E-state index contributed by atoms with van der Waals surface area (Å²) in [5.41, 5.74) is -0.0985. The number of esters is 1. The second-order valence-electron chi connectivity index (χ2n) is 4.75. The molecule has 1 heterocycles. The number of aromatic nitrogens is 1. The molecule has 24 heavy (non-hydrogen) atoms. The average molecular weight is 351 g/mol. The Morgan fingerprint density at radius 1 is 1.29 bits per heavy atom. The summed E-state index contributed by atoms with van der Waals surface area (Å²) in [6.07, 6.45) is 0.280. The van der Waals surface area contributed by atoms with E-state index in [1.165, 1.54) is 44.5 Å². The number of pyridine rings is 1. The molecule has 0 saturated carbocycles. The molecule has 2 N–H and O–H groups in total. The molecule has 1 aromatic carbocycles. The first kappa shape index (κ1) is 17.6. The number of phenolic OH excluding ortho intramolecular Hbond substituents is 1. The number of para-hydroxylation sites is 1. The molecule has 0 saturated heterocycles. The van der Waals surface area contributed by atoms with Crippen molar-refractivity contribution in [3.05, 3.63) is 47.1 Å². The number of ether oxygens (including phenoxy) is 2. The molecule has 1 aromatic heterocycles. The fourth-order valence-corrected chi connectivity index (χ4v) is 1.92. The Hall–Kier alpha value is -2.80. The van der Waals surface area contributed by atoms with Gasteiger partial charge in [-0.3, -0.25) is 4.79 Å². The van der Waals surface area contributed by atoms with Crippen molar-refractivity contribution in [2.75, 3.05) is 12.4 Å². The number of aromatic hydroxyl groups is 1. The van der Waals surface area contributed by atoms with E-state index in [-0.39, 0.29) is 22.9 Å². The molecule has 0 aliphatic rings. The van der Waals surface area contributed by atoms with Crippen molar-refractivity contribution in [2.45, 2.75) is 13.0 Å². The minimum absolute atomic E-state index is 0.0985. The Morgan fingerprint density at radius 2 is 2.04 bits per heavy atom. The van der Waals surface area contributed by atoms with Crippen LogP contribution < -0.4 is 10.1 Å². The van der Waals surface area contributed by atoms with Crippen LogP contribution in [0, 0.1) is 0 Å². The zero-order chi connectivity index (χ0) is 17.7. The highest BCUT2D eigenvalue weighted by molar-refractivity contribution is 6.30. The predicted octanol–water partition coefficient (Wildman–Crippen LogP) is 2.63. The first-order valence-electron chi connectivity index (χ1n) is 6.91. The third kappa shape index (κ3) is 4.14. The molecule has 0 bridgehead atoms. The van der Waals surface area contributed by atoms with Gasteiger partial charge in [0.1, 0.15) is 11.4 Å². The number of hydrogen-bond acceptors (Lipinski definition) is 6. The van der Waals surface area contributed by atoms with Crippen molar-refractivity contribution in [3.63, 3.8) is 0 Å². The monoisotopic (exact) mass is 350 g/mol. The van der Waals surface area contributed by atoms with Gasteiger partial charge in [0.25, 0.3) is 5.91 Å². The molecule has 1 amide bonds. The van der Waals surface area contributed by atoms with E-state index in [2.05, 4.69) is 10.3 Å². The topological polar surface area (TPSA) is 97.8 Å². The van der Waals surface area contributed by atoms with Crippen LogP contribution in [0.3, 0.4) is 0 Å². The maximum Gasteiger partial charge on any atom is 0.342 e. The van der Waals surface area contributed by atoms with Gasteiger partial charge in [-0.15, -0.1) is 0 Å². The second-order valence-corrected chi connectivity index (χ2v) is 5.19. The Morgan fingerprint density at radius 3 is 2.67 bits per heavy atom. The highest BCUT2D eigenvalue weighted by Crippen LogP contribution is 2.30. The van der Waals surface area contributed by atoms with E-state index >= 15 is 0 Å². The lowest BCUT2D eigenvalue weighted by molar-refractivity contribution is -0.123. The zero-order valence-electron chi connectivity index (χ0n) is 12.9. The number of carbonyl (C=O) groups is 2. The summed E-state index contributed by atoms with van der Waals surface area (Å²) in [7, 11) is 1.36. The van der Waals surface area contributed by atoms with Crippen LogP contribution in [0.25, 0.3) is 0 Å². The lowest BCUT2D eigenvalue weighted by Crippen LogP contribution is -2.30. The minimum Gasteiger partial charge on any atom is -0.504 e. The Balaban J connectivity index is 2.03. The number of nitrogens with zero attached hydrogens (tertiary/aromatic N) is 1. The van der Waals surface area contributed by atoms with E-state index in [4.69, 9.17) is 21.1 Å². The number of phenols is 1. The van der Waals surface area contributed by atoms with Gasteiger partial charge in [-0.05, 0) is 31.2 Å². The SMILES string of the molecule is COc1cccc(C(=O)OC(C)C(=O)Nc2ccc(Cl)cn2)c1O. The number of hydrogen-bond donors (Lipinski definition) is 2. The van der Waals surface area contributed by atoms with Crippen molar-refractivity contribution in [1.29, 1.82) is 0 Å². The summed E-state index contributed by atoms with van der Waals surface area (Å²) in [4.78, 5) is 28.0. The van der Waals surface area contributed by atoms with E-state index in [0.717, 1.165) is 0 Å². The van der Waals surface area contributed by atoms with E-state index in [0.29, 0.717) is 5.02 Å². The summed E-state index contributed by atoms with van der Waals surface area (Å²) >= 11 is 5.71. The van der Waals surface area contributed by atoms with Crippen molar-refractivity contribution in [1.82, 2.24) is 4.98 Å². The predicted molar refractivity (Wildman–Crippen MR) is 87.4 cm³/mol. The van der Waals surface area contributed by atoms with Gasteiger partial charge < -0.3 is 19.9 Å². The van der Waals surface area contributed by atoms with E-state index in [1.54, 1.807) is 6.07 Å². The van der Waals surface area contributed by atoms with Crippen molar-refractivity contribution in [2.24, 2.45) is 0 Å². The molecular formula is C16H15ClN2O5. The van der Waals surface area contributed by atoms with Gasteiger partial charge in [-0.1, -0.05) is 17.7 Å². The number of amides is 1. The second kappa shape index (κ2) is 7.65. The molecule has 0 aliphatic heterocycles. The lowest BCUT2D eigenvalue weighted by Gasteiger charge is -2.14. The number of anilines is 1. The van der Waals surface area contributed by atoms with Gasteiger partial charge in [0, 0.05) is 6.20 Å². The van der Waals surface area contributed by atoms with Crippen LogP contribution in [0.4, 0.5) is 5.82 Å². The molecule has 1 atom stereocenters. The van der Waals surface area contributed by atoms with Gasteiger partial charge in [-0.2, -0.15) is 0 Å². The molecular weight excluding hydrogens is 336 g/mol. The molecule has 0 spiro atoms. The quantitative estimate of drug-likeness (QED) is 0.804. The number of nitrogens with one attached hydrogen (secondary N) is 1. The Bertz CT molecular complexity index is 749.